The normalized spacial score (nSPS) is 20.2. The van der Waals surface area contributed by atoms with Gasteiger partial charge in [0.05, 0.1) is 0 Å². The monoisotopic (exact) mass is 229 g/mol. The summed E-state index contributed by atoms with van der Waals surface area (Å²) in [5, 5.41) is 0. The van der Waals surface area contributed by atoms with Crippen molar-refractivity contribution < 1.29 is 4.79 Å². The van der Waals surface area contributed by atoms with Gasteiger partial charge in [-0.1, -0.05) is 12.1 Å². The molecule has 1 aromatic carbocycles. The summed E-state index contributed by atoms with van der Waals surface area (Å²) in [6.07, 6.45) is 6.69. The first-order valence-electron chi connectivity index (χ1n) is 6.76. The quantitative estimate of drug-likeness (QED) is 0.737. The first-order chi connectivity index (χ1) is 8.36. The second kappa shape index (κ2) is 4.52. The number of piperidine rings is 1. The molecule has 1 heterocycles. The van der Waals surface area contributed by atoms with Gasteiger partial charge in [0, 0.05) is 30.8 Å². The maximum atomic E-state index is 12.1. The summed E-state index contributed by atoms with van der Waals surface area (Å²) in [6, 6.07) is 6.37. The van der Waals surface area contributed by atoms with Crippen molar-refractivity contribution in [1.82, 2.24) is 0 Å². The second-order valence-electron chi connectivity index (χ2n) is 5.14. The number of anilines is 1. The van der Waals surface area contributed by atoms with Crippen molar-refractivity contribution in [3.05, 3.63) is 29.3 Å². The van der Waals surface area contributed by atoms with Crippen LogP contribution < -0.4 is 4.90 Å². The van der Waals surface area contributed by atoms with Crippen molar-refractivity contribution in [2.75, 3.05) is 18.0 Å². The fourth-order valence-corrected chi connectivity index (χ4v) is 3.08. The van der Waals surface area contributed by atoms with Crippen LogP contribution in [0.4, 0.5) is 5.69 Å². The Balaban J connectivity index is 2.01. The van der Waals surface area contributed by atoms with Crippen molar-refractivity contribution in [1.29, 1.82) is 0 Å². The Morgan fingerprint density at radius 1 is 0.941 bits per heavy atom. The number of rotatable bonds is 1. The summed E-state index contributed by atoms with van der Waals surface area (Å²) in [4.78, 5) is 14.5. The van der Waals surface area contributed by atoms with E-state index in [9.17, 15) is 4.79 Å². The number of benzene rings is 1. The molecule has 0 bridgehead atoms. The van der Waals surface area contributed by atoms with Crippen molar-refractivity contribution in [3.63, 3.8) is 0 Å². The largest absolute Gasteiger partial charge is 0.371 e. The Bertz CT molecular complexity index is 433. The molecule has 2 nitrogen and oxygen atoms in total. The van der Waals surface area contributed by atoms with Gasteiger partial charge in [-0.2, -0.15) is 0 Å². The molecule has 0 amide bonds. The van der Waals surface area contributed by atoms with Crippen LogP contribution >= 0.6 is 0 Å². The summed E-state index contributed by atoms with van der Waals surface area (Å²) in [6.45, 7) is 2.23. The third-order valence-corrected chi connectivity index (χ3v) is 3.95. The first kappa shape index (κ1) is 10.8. The zero-order valence-corrected chi connectivity index (χ0v) is 10.2. The molecule has 2 aliphatic rings. The molecule has 17 heavy (non-hydrogen) atoms. The van der Waals surface area contributed by atoms with Crippen LogP contribution in [-0.2, 0) is 6.42 Å². The van der Waals surface area contributed by atoms with Crippen LogP contribution in [0.1, 0.15) is 48.0 Å². The van der Waals surface area contributed by atoms with Gasteiger partial charge in [-0.05, 0) is 43.7 Å². The number of hydrogen-bond donors (Lipinski definition) is 0. The molecule has 3 rings (SSSR count). The highest BCUT2D eigenvalue weighted by atomic mass is 16.1. The number of carbonyl (C=O) groups is 1. The molecule has 0 atom stereocenters. The lowest BCUT2D eigenvalue weighted by Crippen LogP contribution is -2.31. The molecule has 1 aliphatic heterocycles. The highest BCUT2D eigenvalue weighted by Gasteiger charge is 2.23. The van der Waals surface area contributed by atoms with Crippen LogP contribution in [0.3, 0.4) is 0 Å². The highest BCUT2D eigenvalue weighted by molar-refractivity contribution is 6.03. The third kappa shape index (κ3) is 1.97. The fraction of sp³-hybridized carbons (Fsp3) is 0.533. The number of Topliss-reactive ketones (excluding diaryl/α,β-unsaturated/α-hetero) is 1. The van der Waals surface area contributed by atoms with E-state index in [-0.39, 0.29) is 0 Å². The molecule has 1 fully saturated rings. The van der Waals surface area contributed by atoms with Gasteiger partial charge in [0.2, 0.25) is 0 Å². The predicted molar refractivity (Wildman–Crippen MR) is 69.8 cm³/mol. The Kier molecular flexibility index (Phi) is 2.87. The van der Waals surface area contributed by atoms with Crippen molar-refractivity contribution >= 4 is 11.5 Å². The van der Waals surface area contributed by atoms with E-state index in [0.717, 1.165) is 37.9 Å². The average molecular weight is 229 g/mol. The van der Waals surface area contributed by atoms with Crippen molar-refractivity contribution in [2.24, 2.45) is 0 Å². The van der Waals surface area contributed by atoms with Crippen LogP contribution in [0.15, 0.2) is 18.2 Å². The average Bonchev–Trinajstić information content (AvgIpc) is 2.39. The number of ketones is 1. The third-order valence-electron chi connectivity index (χ3n) is 3.95. The summed E-state index contributed by atoms with van der Waals surface area (Å²) in [5.41, 5.74) is 3.50. The van der Waals surface area contributed by atoms with Crippen LogP contribution in [0.5, 0.6) is 0 Å². The number of aryl methyl sites for hydroxylation is 1. The number of nitrogens with zero attached hydrogens (tertiary/aromatic N) is 1. The molecule has 0 unspecified atom stereocenters. The van der Waals surface area contributed by atoms with Gasteiger partial charge in [0.15, 0.2) is 5.78 Å². The minimum absolute atomic E-state index is 0.354. The molecule has 2 heteroatoms. The molecule has 1 saturated heterocycles. The molecule has 0 radical (unpaired) electrons. The SMILES string of the molecule is O=C1CCCc2cccc(N3CCCCC3)c21. The predicted octanol–water partition coefficient (Wildman–Crippen LogP) is 3.20. The van der Waals surface area contributed by atoms with E-state index in [1.165, 1.54) is 30.5 Å². The first-order valence-corrected chi connectivity index (χ1v) is 6.76. The lowest BCUT2D eigenvalue weighted by atomic mass is 9.88. The van der Waals surface area contributed by atoms with Crippen molar-refractivity contribution in [2.45, 2.75) is 38.5 Å². The van der Waals surface area contributed by atoms with Crippen LogP contribution in [0.25, 0.3) is 0 Å². The minimum Gasteiger partial charge on any atom is -0.371 e. The van der Waals surface area contributed by atoms with Crippen molar-refractivity contribution in [3.8, 4) is 0 Å². The molecule has 0 saturated carbocycles. The lowest BCUT2D eigenvalue weighted by molar-refractivity contribution is 0.0973. The fourth-order valence-electron chi connectivity index (χ4n) is 3.08. The minimum atomic E-state index is 0.354. The zero-order chi connectivity index (χ0) is 11.7. The lowest BCUT2D eigenvalue weighted by Gasteiger charge is -2.32. The standard InChI is InChI=1S/C15H19NO/c17-14-9-5-7-12-6-4-8-13(15(12)14)16-10-2-1-3-11-16/h4,6,8H,1-3,5,7,9-11H2. The van der Waals surface area contributed by atoms with Crippen LogP contribution in [0, 0.1) is 0 Å². The van der Waals surface area contributed by atoms with Crippen LogP contribution in [0.2, 0.25) is 0 Å². The number of carbonyl (C=O) groups excluding carboxylic acids is 1. The molecular formula is C15H19NO. The van der Waals surface area contributed by atoms with E-state index in [4.69, 9.17) is 0 Å². The molecule has 0 N–H and O–H groups in total. The molecule has 0 aromatic heterocycles. The summed E-state index contributed by atoms with van der Waals surface area (Å²) in [7, 11) is 0. The molecule has 0 spiro atoms. The molecule has 90 valence electrons. The Morgan fingerprint density at radius 3 is 2.59 bits per heavy atom. The smallest absolute Gasteiger partial charge is 0.165 e. The Morgan fingerprint density at radius 2 is 1.76 bits per heavy atom. The van der Waals surface area contributed by atoms with Gasteiger partial charge < -0.3 is 4.90 Å². The maximum Gasteiger partial charge on any atom is 0.165 e. The summed E-state index contributed by atoms with van der Waals surface area (Å²) in [5.74, 6) is 0.354. The van der Waals surface area contributed by atoms with E-state index in [1.54, 1.807) is 0 Å². The molecule has 1 aromatic rings. The van der Waals surface area contributed by atoms with E-state index < -0.39 is 0 Å². The molecular weight excluding hydrogens is 210 g/mol. The second-order valence-corrected chi connectivity index (χ2v) is 5.14. The zero-order valence-electron chi connectivity index (χ0n) is 10.2. The van der Waals surface area contributed by atoms with Gasteiger partial charge in [-0.25, -0.2) is 0 Å². The summed E-state index contributed by atoms with van der Waals surface area (Å²) < 4.78 is 0. The van der Waals surface area contributed by atoms with Crippen LogP contribution in [-0.4, -0.2) is 18.9 Å². The highest BCUT2D eigenvalue weighted by Crippen LogP contribution is 2.31. The van der Waals surface area contributed by atoms with Gasteiger partial charge >= 0.3 is 0 Å². The van der Waals surface area contributed by atoms with E-state index in [2.05, 4.69) is 23.1 Å². The van der Waals surface area contributed by atoms with E-state index in [1.807, 2.05) is 0 Å². The maximum absolute atomic E-state index is 12.1. The van der Waals surface area contributed by atoms with Gasteiger partial charge in [0.1, 0.15) is 0 Å². The Labute approximate surface area is 103 Å². The number of hydrogen-bond acceptors (Lipinski definition) is 2. The summed E-state index contributed by atoms with van der Waals surface area (Å²) >= 11 is 0. The topological polar surface area (TPSA) is 20.3 Å². The van der Waals surface area contributed by atoms with Gasteiger partial charge in [-0.15, -0.1) is 0 Å². The molecule has 1 aliphatic carbocycles. The van der Waals surface area contributed by atoms with E-state index in [0.29, 0.717) is 5.78 Å². The van der Waals surface area contributed by atoms with Gasteiger partial charge in [-0.3, -0.25) is 4.79 Å². The van der Waals surface area contributed by atoms with E-state index >= 15 is 0 Å². The number of fused-ring (bicyclic) bond motifs is 1. The Hall–Kier alpha value is -1.31. The van der Waals surface area contributed by atoms with Gasteiger partial charge in [0.25, 0.3) is 0 Å².